The van der Waals surface area contributed by atoms with Crippen molar-refractivity contribution in [2.75, 3.05) is 19.8 Å². The Morgan fingerprint density at radius 1 is 0.471 bits per heavy atom. The number of carbonyl (C=O) groups excluding carboxylic acids is 5. The van der Waals surface area contributed by atoms with E-state index in [0.29, 0.717) is 73.6 Å². The number of carbonyl (C=O) groups is 5. The zero-order chi connectivity index (χ0) is 50.9. The van der Waals surface area contributed by atoms with Crippen molar-refractivity contribution in [1.29, 1.82) is 0 Å². The van der Waals surface area contributed by atoms with Gasteiger partial charge in [0.05, 0.1) is 19.8 Å². The monoisotopic (exact) mass is 951 g/mol. The molecule has 0 heterocycles. The summed E-state index contributed by atoms with van der Waals surface area (Å²) in [6.07, 6.45) is 28.2. The van der Waals surface area contributed by atoms with Crippen LogP contribution in [0, 0.1) is 59.2 Å². The van der Waals surface area contributed by atoms with Gasteiger partial charge in [-0.05, 0) is 216 Å². The fourth-order valence-corrected chi connectivity index (χ4v) is 11.2. The molecule has 0 aromatic carbocycles. The molecule has 0 amide bonds. The minimum atomic E-state index is -0.728. The van der Waals surface area contributed by atoms with Crippen molar-refractivity contribution in [3.05, 3.63) is 47.6 Å². The van der Waals surface area contributed by atoms with Crippen LogP contribution in [0.3, 0.4) is 0 Å². The molecule has 388 valence electrons. The third-order valence-corrected chi connectivity index (χ3v) is 15.5. The molecular formula is C58H98N2O8. The van der Waals surface area contributed by atoms with E-state index in [1.807, 2.05) is 0 Å². The van der Waals surface area contributed by atoms with Crippen LogP contribution in [-0.2, 0) is 38.2 Å². The normalized spacial score (nSPS) is 29.7. The number of rotatable bonds is 21. The van der Waals surface area contributed by atoms with Crippen LogP contribution in [0.2, 0.25) is 0 Å². The van der Waals surface area contributed by atoms with E-state index in [0.717, 1.165) is 67.1 Å². The van der Waals surface area contributed by atoms with Crippen LogP contribution >= 0.6 is 0 Å². The quantitative estimate of drug-likeness (QED) is 0.0282. The van der Waals surface area contributed by atoms with Gasteiger partial charge in [-0.2, -0.15) is 0 Å². The van der Waals surface area contributed by atoms with Gasteiger partial charge in [0, 0.05) is 36.6 Å². The molecule has 0 aliphatic heterocycles. The van der Waals surface area contributed by atoms with Gasteiger partial charge >= 0.3 is 17.9 Å². The maximum Gasteiger partial charge on any atom is 0.374 e. The molecule has 0 radical (unpaired) electrons. The van der Waals surface area contributed by atoms with E-state index in [2.05, 4.69) is 66.9 Å². The zero-order valence-corrected chi connectivity index (χ0v) is 44.7. The molecule has 10 nitrogen and oxygen atoms in total. The topological polar surface area (TPSA) is 165 Å². The Morgan fingerprint density at radius 2 is 0.794 bits per heavy atom. The van der Waals surface area contributed by atoms with Crippen LogP contribution in [0.15, 0.2) is 47.6 Å². The molecule has 0 aromatic rings. The highest BCUT2D eigenvalue weighted by Gasteiger charge is 2.33. The Morgan fingerprint density at radius 3 is 1.10 bits per heavy atom. The van der Waals surface area contributed by atoms with E-state index in [-0.39, 0.29) is 11.8 Å². The summed E-state index contributed by atoms with van der Waals surface area (Å²) < 4.78 is 15.0. The van der Waals surface area contributed by atoms with Crippen molar-refractivity contribution in [2.45, 2.75) is 210 Å². The van der Waals surface area contributed by atoms with Crippen molar-refractivity contribution in [2.24, 2.45) is 70.6 Å². The SMILES string of the molecule is C=C(C)C(=O)OCCC/C(C)=C/C1CCC(CC2CCC(/C=C(\C)CCCOC(=O)C(C)=O)C(C)C2)CC1C.C=C(C)C(=O)OCCCC(C)=O.CC1CC(CC2CCC(N)C(C)C2)CCC1N. The van der Waals surface area contributed by atoms with Gasteiger partial charge in [0.25, 0.3) is 0 Å². The fraction of sp³-hybridized carbons (Fsp3) is 0.776. The molecule has 4 N–H and O–H groups in total. The van der Waals surface area contributed by atoms with Crippen LogP contribution in [0.4, 0.5) is 0 Å². The molecule has 0 bridgehead atoms. The molecule has 0 aromatic heterocycles. The number of ether oxygens (including phenoxy) is 3. The lowest BCUT2D eigenvalue weighted by Crippen LogP contribution is -2.37. The lowest BCUT2D eigenvalue weighted by atomic mass is 9.67. The number of nitrogens with two attached hydrogens (primary N) is 2. The Kier molecular flexibility index (Phi) is 29.0. The number of ketones is 2. The second-order valence-electron chi connectivity index (χ2n) is 22.3. The van der Waals surface area contributed by atoms with Crippen LogP contribution in [0.25, 0.3) is 0 Å². The number of hydrogen-bond donors (Lipinski definition) is 2. The highest BCUT2D eigenvalue weighted by molar-refractivity contribution is 6.32. The summed E-state index contributed by atoms with van der Waals surface area (Å²) in [6, 6.07) is 0.926. The number of esters is 3. The average Bonchev–Trinajstić information content (AvgIpc) is 3.27. The molecule has 4 rings (SSSR count). The molecule has 10 heteroatoms. The summed E-state index contributed by atoms with van der Waals surface area (Å²) in [5.41, 5.74) is 15.8. The zero-order valence-electron chi connectivity index (χ0n) is 44.7. The molecule has 4 fully saturated rings. The van der Waals surface area contributed by atoms with E-state index in [4.69, 9.17) is 25.7 Å². The second-order valence-corrected chi connectivity index (χ2v) is 22.3. The highest BCUT2D eigenvalue weighted by Crippen LogP contribution is 2.43. The van der Waals surface area contributed by atoms with Gasteiger partial charge in [0.15, 0.2) is 0 Å². The summed E-state index contributed by atoms with van der Waals surface area (Å²) in [5, 5.41) is 0. The summed E-state index contributed by atoms with van der Waals surface area (Å²) in [4.78, 5) is 55.0. The summed E-state index contributed by atoms with van der Waals surface area (Å²) in [5.74, 6) is 5.99. The molecular weight excluding hydrogens is 853 g/mol. The van der Waals surface area contributed by atoms with Gasteiger partial charge in [-0.25, -0.2) is 14.4 Å². The molecule has 4 aliphatic carbocycles. The van der Waals surface area contributed by atoms with Crippen molar-refractivity contribution < 1.29 is 38.2 Å². The van der Waals surface area contributed by atoms with Gasteiger partial charge in [0.2, 0.25) is 5.78 Å². The van der Waals surface area contributed by atoms with Crippen LogP contribution in [0.1, 0.15) is 198 Å². The molecule has 4 saturated carbocycles. The van der Waals surface area contributed by atoms with Gasteiger partial charge < -0.3 is 30.5 Å². The Balaban J connectivity index is 0.000000444. The van der Waals surface area contributed by atoms with Gasteiger partial charge in [0.1, 0.15) is 5.78 Å². The smallest absolute Gasteiger partial charge is 0.374 e. The van der Waals surface area contributed by atoms with Crippen LogP contribution < -0.4 is 11.5 Å². The predicted octanol–water partition coefficient (Wildman–Crippen LogP) is 12.6. The van der Waals surface area contributed by atoms with Gasteiger partial charge in [-0.15, -0.1) is 0 Å². The van der Waals surface area contributed by atoms with Gasteiger partial charge in [-0.1, -0.05) is 64.2 Å². The van der Waals surface area contributed by atoms with Crippen molar-refractivity contribution in [1.82, 2.24) is 0 Å². The minimum Gasteiger partial charge on any atom is -0.462 e. The van der Waals surface area contributed by atoms with Crippen LogP contribution in [0.5, 0.6) is 0 Å². The molecule has 0 saturated heterocycles. The first-order valence-corrected chi connectivity index (χ1v) is 26.7. The molecule has 12 unspecified atom stereocenters. The summed E-state index contributed by atoms with van der Waals surface area (Å²) in [6.45, 7) is 28.1. The first-order chi connectivity index (χ1) is 32.1. The highest BCUT2D eigenvalue weighted by atomic mass is 16.5. The molecule has 12 atom stereocenters. The maximum atomic E-state index is 11.5. The molecule has 68 heavy (non-hydrogen) atoms. The van der Waals surface area contributed by atoms with Crippen molar-refractivity contribution >= 4 is 29.5 Å². The number of Topliss-reactive ketones (excluding diaryl/α,β-unsaturated/α-hetero) is 2. The Labute approximate surface area is 414 Å². The van der Waals surface area contributed by atoms with E-state index >= 15 is 0 Å². The minimum absolute atomic E-state index is 0.112. The third-order valence-electron chi connectivity index (χ3n) is 15.5. The largest absolute Gasteiger partial charge is 0.462 e. The number of hydrogen-bond acceptors (Lipinski definition) is 10. The molecule has 0 spiro atoms. The second kappa shape index (κ2) is 32.5. The van der Waals surface area contributed by atoms with Crippen molar-refractivity contribution in [3.8, 4) is 0 Å². The third kappa shape index (κ3) is 25.0. The van der Waals surface area contributed by atoms with Crippen LogP contribution in [-0.4, -0.2) is 61.4 Å². The molecule has 4 aliphatic rings. The van der Waals surface area contributed by atoms with E-state index < -0.39 is 17.7 Å². The standard InChI is InChI=1S/C34H54O5.C15H30N2.C9H14O3/c1-23(2)33(36)38-16-8-10-24(3)18-31-14-12-29(20-26(31)5)22-30-13-15-32(27(6)21-30)19-25(4)11-9-17-39-34(37)28(7)35;1-10-7-12(3-5-14(10)16)9-13-4-6-15(17)11(2)8-13;1-7(2)9(11)12-6-4-5-8(3)10/h18-19,26-27,29-32H,1,8-17,20-22H2,2-7H3;10-15H,3-9,16-17H2,1-2H3;1,4-6H2,2-3H3/b24-18+,25-19+;;. The predicted molar refractivity (Wildman–Crippen MR) is 277 cm³/mol. The fourth-order valence-electron chi connectivity index (χ4n) is 11.2. The Hall–Kier alpha value is -3.37. The maximum absolute atomic E-state index is 11.5. The van der Waals surface area contributed by atoms with E-state index in [1.54, 1.807) is 13.8 Å². The first-order valence-electron chi connectivity index (χ1n) is 26.7. The lowest BCUT2D eigenvalue weighted by Gasteiger charge is -2.38. The first kappa shape index (κ1) is 60.8. The van der Waals surface area contributed by atoms with Crippen molar-refractivity contribution in [3.63, 3.8) is 0 Å². The van der Waals surface area contributed by atoms with E-state index in [1.165, 1.54) is 115 Å². The average molecular weight is 951 g/mol. The van der Waals surface area contributed by atoms with E-state index in [9.17, 15) is 24.0 Å². The number of allylic oxidation sites excluding steroid dienone is 4. The Bertz CT molecular complexity index is 1570. The summed E-state index contributed by atoms with van der Waals surface area (Å²) in [7, 11) is 0. The van der Waals surface area contributed by atoms with Gasteiger partial charge in [-0.3, -0.25) is 4.79 Å². The summed E-state index contributed by atoms with van der Waals surface area (Å²) >= 11 is 0. The lowest BCUT2D eigenvalue weighted by molar-refractivity contribution is -0.153.